The van der Waals surface area contributed by atoms with E-state index >= 15 is 0 Å². The van der Waals surface area contributed by atoms with Crippen molar-refractivity contribution in [1.82, 2.24) is 10.7 Å². The van der Waals surface area contributed by atoms with Gasteiger partial charge in [-0.3, -0.25) is 10.2 Å². The molecule has 5 nitrogen and oxygen atoms in total. The zero-order chi connectivity index (χ0) is 14.1. The quantitative estimate of drug-likeness (QED) is 0.214. The molecule has 100 valence electrons. The van der Waals surface area contributed by atoms with Gasteiger partial charge in [0.2, 0.25) is 0 Å². The standard InChI is InChI=1S/C13H15N3O2S/c1-3-8-14-13(19)16-15-9-11-4-6-12(7-5-11)18-10(2)17/h3-7,9H,1,8H2,2H3,(H2,14,16,19). The Bertz CT molecular complexity index is 483. The van der Waals surface area contributed by atoms with Crippen molar-refractivity contribution in [2.75, 3.05) is 6.54 Å². The molecule has 0 atom stereocenters. The van der Waals surface area contributed by atoms with Crippen LogP contribution in [0.15, 0.2) is 42.0 Å². The van der Waals surface area contributed by atoms with E-state index in [-0.39, 0.29) is 5.97 Å². The summed E-state index contributed by atoms with van der Waals surface area (Å²) in [4.78, 5) is 10.7. The van der Waals surface area contributed by atoms with Crippen molar-refractivity contribution in [3.05, 3.63) is 42.5 Å². The van der Waals surface area contributed by atoms with Gasteiger partial charge in [0.25, 0.3) is 0 Å². The molecule has 1 rings (SSSR count). The van der Waals surface area contributed by atoms with E-state index in [1.165, 1.54) is 6.92 Å². The van der Waals surface area contributed by atoms with Gasteiger partial charge in [-0.2, -0.15) is 5.10 Å². The average molecular weight is 277 g/mol. The largest absolute Gasteiger partial charge is 0.427 e. The summed E-state index contributed by atoms with van der Waals surface area (Å²) < 4.78 is 4.92. The van der Waals surface area contributed by atoms with E-state index in [1.54, 1.807) is 36.6 Å². The molecule has 0 saturated heterocycles. The van der Waals surface area contributed by atoms with Crippen LogP contribution in [0.3, 0.4) is 0 Å². The van der Waals surface area contributed by atoms with Crippen molar-refractivity contribution in [3.8, 4) is 5.75 Å². The minimum Gasteiger partial charge on any atom is -0.427 e. The molecule has 6 heteroatoms. The van der Waals surface area contributed by atoms with Gasteiger partial charge >= 0.3 is 5.97 Å². The predicted octanol–water partition coefficient (Wildman–Crippen LogP) is 1.60. The fraction of sp³-hybridized carbons (Fsp3) is 0.154. The highest BCUT2D eigenvalue weighted by Gasteiger charge is 1.97. The smallest absolute Gasteiger partial charge is 0.308 e. The van der Waals surface area contributed by atoms with Gasteiger partial charge in [0.15, 0.2) is 5.11 Å². The molecule has 0 amide bonds. The summed E-state index contributed by atoms with van der Waals surface area (Å²) in [5.41, 5.74) is 3.53. The Morgan fingerprint density at radius 1 is 1.47 bits per heavy atom. The molecule has 0 spiro atoms. The van der Waals surface area contributed by atoms with Gasteiger partial charge in [0.05, 0.1) is 6.21 Å². The summed E-state index contributed by atoms with van der Waals surface area (Å²) >= 11 is 4.96. The fourth-order valence-electron chi connectivity index (χ4n) is 1.16. The van der Waals surface area contributed by atoms with E-state index in [0.717, 1.165) is 5.56 Å². The lowest BCUT2D eigenvalue weighted by Gasteiger charge is -2.03. The monoisotopic (exact) mass is 277 g/mol. The normalized spacial score (nSPS) is 9.95. The number of nitrogens with zero attached hydrogens (tertiary/aromatic N) is 1. The summed E-state index contributed by atoms with van der Waals surface area (Å²) in [5, 5.41) is 7.27. The maximum atomic E-state index is 10.7. The molecule has 1 aromatic carbocycles. The lowest BCUT2D eigenvalue weighted by Crippen LogP contribution is -2.31. The summed E-state index contributed by atoms with van der Waals surface area (Å²) in [5.74, 6) is 0.155. The molecular formula is C13H15N3O2S. The highest BCUT2D eigenvalue weighted by molar-refractivity contribution is 7.80. The first-order valence-electron chi connectivity index (χ1n) is 5.58. The second-order valence-electron chi connectivity index (χ2n) is 3.53. The number of esters is 1. The second kappa shape index (κ2) is 7.99. The Kier molecular flexibility index (Phi) is 6.25. The van der Waals surface area contributed by atoms with Gasteiger partial charge in [-0.15, -0.1) is 6.58 Å². The van der Waals surface area contributed by atoms with Crippen molar-refractivity contribution in [3.63, 3.8) is 0 Å². The third kappa shape index (κ3) is 6.32. The number of ether oxygens (including phenoxy) is 1. The molecule has 0 aromatic heterocycles. The molecule has 0 aliphatic heterocycles. The number of hydrazone groups is 1. The number of rotatable bonds is 5. The zero-order valence-electron chi connectivity index (χ0n) is 10.6. The lowest BCUT2D eigenvalue weighted by molar-refractivity contribution is -0.131. The average Bonchev–Trinajstić information content (AvgIpc) is 2.38. The van der Waals surface area contributed by atoms with Crippen molar-refractivity contribution in [2.45, 2.75) is 6.92 Å². The van der Waals surface area contributed by atoms with Crippen LogP contribution in [-0.2, 0) is 4.79 Å². The van der Waals surface area contributed by atoms with Gasteiger partial charge in [-0.1, -0.05) is 6.08 Å². The van der Waals surface area contributed by atoms with Crippen LogP contribution >= 0.6 is 12.2 Å². The molecule has 0 heterocycles. The molecule has 0 saturated carbocycles. The maximum absolute atomic E-state index is 10.7. The minimum atomic E-state index is -0.346. The van der Waals surface area contributed by atoms with Gasteiger partial charge in [-0.05, 0) is 42.0 Å². The van der Waals surface area contributed by atoms with Crippen LogP contribution in [0.25, 0.3) is 0 Å². The highest BCUT2D eigenvalue weighted by atomic mass is 32.1. The number of hydrogen-bond donors (Lipinski definition) is 2. The number of hydrogen-bond acceptors (Lipinski definition) is 4. The second-order valence-corrected chi connectivity index (χ2v) is 3.94. The number of benzene rings is 1. The maximum Gasteiger partial charge on any atom is 0.308 e. The Labute approximate surface area is 117 Å². The summed E-state index contributed by atoms with van der Waals surface area (Å²) in [6.07, 6.45) is 3.31. The predicted molar refractivity (Wildman–Crippen MR) is 79.3 cm³/mol. The van der Waals surface area contributed by atoms with Crippen molar-refractivity contribution < 1.29 is 9.53 Å². The highest BCUT2D eigenvalue weighted by Crippen LogP contribution is 2.10. The third-order valence-electron chi connectivity index (χ3n) is 1.93. The van der Waals surface area contributed by atoms with Crippen LogP contribution in [0.2, 0.25) is 0 Å². The van der Waals surface area contributed by atoms with Gasteiger partial charge in [-0.25, -0.2) is 0 Å². The van der Waals surface area contributed by atoms with E-state index in [2.05, 4.69) is 22.4 Å². The first-order valence-corrected chi connectivity index (χ1v) is 5.99. The van der Waals surface area contributed by atoms with Crippen molar-refractivity contribution >= 4 is 29.5 Å². The molecule has 0 aliphatic rings. The SMILES string of the molecule is C=CCNC(=S)NN=Cc1ccc(OC(C)=O)cc1. The molecule has 2 N–H and O–H groups in total. The van der Waals surface area contributed by atoms with Crippen LogP contribution in [0.1, 0.15) is 12.5 Å². The zero-order valence-corrected chi connectivity index (χ0v) is 11.4. The van der Waals surface area contributed by atoms with E-state index in [4.69, 9.17) is 17.0 Å². The summed E-state index contributed by atoms with van der Waals surface area (Å²) in [7, 11) is 0. The molecule has 0 unspecified atom stereocenters. The Balaban J connectivity index is 2.46. The lowest BCUT2D eigenvalue weighted by atomic mass is 10.2. The molecule has 0 radical (unpaired) electrons. The summed E-state index contributed by atoms with van der Waals surface area (Å²) in [6, 6.07) is 6.95. The summed E-state index contributed by atoms with van der Waals surface area (Å²) in [6.45, 7) is 5.50. The van der Waals surface area contributed by atoms with E-state index in [1.807, 2.05) is 0 Å². The van der Waals surface area contributed by atoms with Crippen LogP contribution < -0.4 is 15.5 Å². The first kappa shape index (κ1) is 14.8. The third-order valence-corrected chi connectivity index (χ3v) is 2.16. The minimum absolute atomic E-state index is 0.346. The number of thiocarbonyl (C=S) groups is 1. The Morgan fingerprint density at radius 2 is 2.16 bits per heavy atom. The van der Waals surface area contributed by atoms with Crippen LogP contribution in [0, 0.1) is 0 Å². The van der Waals surface area contributed by atoms with Crippen LogP contribution in [-0.4, -0.2) is 23.8 Å². The molecule has 0 bridgehead atoms. The Hall–Kier alpha value is -2.21. The van der Waals surface area contributed by atoms with Crippen molar-refractivity contribution in [2.24, 2.45) is 5.10 Å². The topological polar surface area (TPSA) is 62.7 Å². The number of carbonyl (C=O) groups excluding carboxylic acids is 1. The van der Waals surface area contributed by atoms with Gasteiger partial charge < -0.3 is 10.1 Å². The van der Waals surface area contributed by atoms with E-state index in [9.17, 15) is 4.79 Å². The number of carbonyl (C=O) groups is 1. The van der Waals surface area contributed by atoms with Crippen LogP contribution in [0.4, 0.5) is 0 Å². The molecule has 0 fully saturated rings. The number of nitrogens with one attached hydrogen (secondary N) is 2. The molecule has 19 heavy (non-hydrogen) atoms. The van der Waals surface area contributed by atoms with E-state index < -0.39 is 0 Å². The first-order chi connectivity index (χ1) is 9.11. The van der Waals surface area contributed by atoms with E-state index in [0.29, 0.717) is 17.4 Å². The molecular weight excluding hydrogens is 262 g/mol. The van der Waals surface area contributed by atoms with Gasteiger partial charge in [0.1, 0.15) is 5.75 Å². The molecule has 0 aliphatic carbocycles. The van der Waals surface area contributed by atoms with Crippen LogP contribution in [0.5, 0.6) is 5.75 Å². The van der Waals surface area contributed by atoms with Crippen molar-refractivity contribution in [1.29, 1.82) is 0 Å². The Morgan fingerprint density at radius 3 is 2.74 bits per heavy atom. The van der Waals surface area contributed by atoms with Gasteiger partial charge in [0, 0.05) is 13.5 Å². The molecule has 1 aromatic rings. The fourth-order valence-corrected chi connectivity index (χ4v) is 1.29.